The first-order chi connectivity index (χ1) is 26.0. The molecule has 2 amide bonds. The Balaban J connectivity index is 0.897. The maximum atomic E-state index is 13.8. The van der Waals surface area contributed by atoms with Gasteiger partial charge in [0, 0.05) is 18.7 Å². The van der Waals surface area contributed by atoms with E-state index < -0.39 is 0 Å². The molecule has 8 rings (SSSR count). The predicted molar refractivity (Wildman–Crippen MR) is 207 cm³/mol. The minimum Gasteiger partial charge on any atom is -0.438 e. The van der Waals surface area contributed by atoms with Crippen molar-refractivity contribution in [3.63, 3.8) is 0 Å². The molecule has 2 aliphatic heterocycles. The lowest BCUT2D eigenvalue weighted by Gasteiger charge is -2.27. The normalized spacial score (nSPS) is 18.5. The predicted octanol–water partition coefficient (Wildman–Crippen LogP) is 9.33. The minimum atomic E-state index is -0.211. The first-order valence-electron chi connectivity index (χ1n) is 19.2. The highest BCUT2D eigenvalue weighted by Crippen LogP contribution is 2.37. The van der Waals surface area contributed by atoms with Crippen molar-refractivity contribution in [2.45, 2.75) is 82.7 Å². The van der Waals surface area contributed by atoms with Crippen molar-refractivity contribution in [3.8, 4) is 11.3 Å². The lowest BCUT2D eigenvalue weighted by atomic mass is 9.94. The van der Waals surface area contributed by atoms with Crippen LogP contribution in [0, 0.1) is 0 Å². The molecule has 4 heterocycles. The summed E-state index contributed by atoms with van der Waals surface area (Å²) in [4.78, 5) is 44.4. The van der Waals surface area contributed by atoms with Gasteiger partial charge in [0.2, 0.25) is 17.7 Å². The second kappa shape index (κ2) is 15.2. The molecule has 8 nitrogen and oxygen atoms in total. The van der Waals surface area contributed by atoms with E-state index in [1.807, 2.05) is 65.3 Å². The van der Waals surface area contributed by atoms with Gasteiger partial charge in [0.25, 0.3) is 0 Å². The highest BCUT2D eigenvalue weighted by Gasteiger charge is 2.37. The number of carbonyl (C=O) groups is 2. The van der Waals surface area contributed by atoms with Gasteiger partial charge in [-0.25, -0.2) is 9.97 Å². The molecule has 6 aromatic rings. The fraction of sp³-hybridized carbons (Fsp3) is 0.333. The number of nitrogens with one attached hydrogen (secondary N) is 1. The van der Waals surface area contributed by atoms with Crippen molar-refractivity contribution in [2.24, 2.45) is 0 Å². The Bertz CT molecular complexity index is 2170. The number of oxazole rings is 1. The number of nitrogens with zero attached hydrogens (tertiary/aromatic N) is 4. The number of H-pyrrole nitrogens is 1. The van der Waals surface area contributed by atoms with Gasteiger partial charge < -0.3 is 19.2 Å². The highest BCUT2D eigenvalue weighted by molar-refractivity contribution is 5.85. The van der Waals surface area contributed by atoms with E-state index in [0.29, 0.717) is 5.89 Å². The van der Waals surface area contributed by atoms with Crippen LogP contribution in [-0.4, -0.2) is 49.7 Å². The zero-order chi connectivity index (χ0) is 36.3. The third-order valence-corrected chi connectivity index (χ3v) is 11.3. The topological polar surface area (TPSA) is 95.3 Å². The van der Waals surface area contributed by atoms with Gasteiger partial charge >= 0.3 is 0 Å². The average molecular weight is 706 g/mol. The van der Waals surface area contributed by atoms with Crippen molar-refractivity contribution in [3.05, 3.63) is 143 Å². The lowest BCUT2D eigenvalue weighted by molar-refractivity contribution is -0.134. The average Bonchev–Trinajstić information content (AvgIpc) is 4.04. The molecule has 2 aromatic heterocycles. The van der Waals surface area contributed by atoms with Crippen molar-refractivity contribution in [1.29, 1.82) is 0 Å². The fourth-order valence-electron chi connectivity index (χ4n) is 8.26. The first kappa shape index (κ1) is 34.6. The van der Waals surface area contributed by atoms with Gasteiger partial charge in [0.1, 0.15) is 11.9 Å². The van der Waals surface area contributed by atoms with Crippen LogP contribution in [0.3, 0.4) is 0 Å². The molecule has 270 valence electrons. The maximum absolute atomic E-state index is 13.8. The minimum absolute atomic E-state index is 0.0296. The van der Waals surface area contributed by atoms with Crippen LogP contribution in [0.25, 0.3) is 22.4 Å². The van der Waals surface area contributed by atoms with Crippen LogP contribution in [0.2, 0.25) is 0 Å². The Morgan fingerprint density at radius 3 is 2.15 bits per heavy atom. The van der Waals surface area contributed by atoms with E-state index in [0.717, 1.165) is 97.3 Å². The molecule has 1 N–H and O–H groups in total. The van der Waals surface area contributed by atoms with Gasteiger partial charge in [-0.15, -0.1) is 0 Å². The number of aromatic nitrogens is 3. The summed E-state index contributed by atoms with van der Waals surface area (Å²) in [5.74, 6) is 2.17. The number of likely N-dealkylation sites (tertiary alicyclic amines) is 2. The monoisotopic (exact) mass is 705 g/mol. The molecule has 0 radical (unpaired) electrons. The number of aryl methyl sites for hydroxylation is 2. The Morgan fingerprint density at radius 2 is 1.43 bits per heavy atom. The molecule has 0 unspecified atom stereocenters. The van der Waals surface area contributed by atoms with Crippen LogP contribution in [0.5, 0.6) is 0 Å². The Kier molecular flexibility index (Phi) is 9.94. The number of fused-ring (bicyclic) bond motifs is 1. The summed E-state index contributed by atoms with van der Waals surface area (Å²) in [5, 5.41) is 0. The summed E-state index contributed by atoms with van der Waals surface area (Å²) in [7, 11) is 0. The molecule has 2 saturated heterocycles. The standard InChI is InChI=1S/C45H47N5O3/c1-3-36(34-14-8-5-9-15-34)45(52)49-26-10-16-39(49)42-47-37-25-22-32(28-38(37)48-42)19-18-31-20-23-35(24-21-31)41-29-46-43(53-41)40-17-11-27-50(40)44(51)30(2)33-12-6-4-7-13-33/h4-9,12-15,20-25,28-30,36,39-40H,3,10-11,16-19,26-27H2,1-2H3,(H,47,48)/t30-,36-,39+,40+/m1/s1. The van der Waals surface area contributed by atoms with Crippen LogP contribution in [0.1, 0.15) is 104 Å². The summed E-state index contributed by atoms with van der Waals surface area (Å²) in [6, 6.07) is 34.9. The molecule has 53 heavy (non-hydrogen) atoms. The number of carbonyl (C=O) groups excluding carboxylic acids is 2. The number of aromatic amines is 1. The number of benzene rings is 4. The van der Waals surface area contributed by atoms with E-state index in [1.54, 1.807) is 6.20 Å². The van der Waals surface area contributed by atoms with Crippen molar-refractivity contribution in [2.75, 3.05) is 13.1 Å². The van der Waals surface area contributed by atoms with E-state index in [9.17, 15) is 9.59 Å². The van der Waals surface area contributed by atoms with Gasteiger partial charge in [0.05, 0.1) is 35.1 Å². The number of amides is 2. The Morgan fingerprint density at radius 1 is 0.792 bits per heavy atom. The van der Waals surface area contributed by atoms with Gasteiger partial charge in [0.15, 0.2) is 5.76 Å². The second-order valence-electron chi connectivity index (χ2n) is 14.6. The summed E-state index contributed by atoms with van der Waals surface area (Å²) in [6.45, 7) is 5.55. The summed E-state index contributed by atoms with van der Waals surface area (Å²) < 4.78 is 6.29. The molecular formula is C45H47N5O3. The molecular weight excluding hydrogens is 659 g/mol. The zero-order valence-electron chi connectivity index (χ0n) is 30.6. The number of hydrogen-bond donors (Lipinski definition) is 1. The lowest BCUT2D eigenvalue weighted by Crippen LogP contribution is -2.35. The van der Waals surface area contributed by atoms with E-state index in [4.69, 9.17) is 9.40 Å². The number of rotatable bonds is 11. The second-order valence-corrected chi connectivity index (χ2v) is 14.6. The summed E-state index contributed by atoms with van der Waals surface area (Å²) in [5.41, 5.74) is 7.51. The van der Waals surface area contributed by atoms with Gasteiger partial charge in [-0.1, -0.05) is 97.9 Å². The molecule has 4 atom stereocenters. The molecule has 4 aromatic carbocycles. The van der Waals surface area contributed by atoms with Crippen LogP contribution in [0.4, 0.5) is 0 Å². The zero-order valence-corrected chi connectivity index (χ0v) is 30.6. The first-order valence-corrected chi connectivity index (χ1v) is 19.2. The molecule has 2 fully saturated rings. The fourth-order valence-corrected chi connectivity index (χ4v) is 8.26. The number of imidazole rings is 1. The largest absolute Gasteiger partial charge is 0.438 e. The van der Waals surface area contributed by atoms with Crippen LogP contribution < -0.4 is 0 Å². The Hall–Kier alpha value is -5.50. The molecule has 0 spiro atoms. The van der Waals surface area contributed by atoms with Crippen LogP contribution in [0.15, 0.2) is 114 Å². The van der Waals surface area contributed by atoms with E-state index >= 15 is 0 Å². The quantitative estimate of drug-likeness (QED) is 0.145. The summed E-state index contributed by atoms with van der Waals surface area (Å²) in [6.07, 6.45) is 8.04. The van der Waals surface area contributed by atoms with Gasteiger partial charge in [-0.05, 0) is 86.3 Å². The van der Waals surface area contributed by atoms with Crippen molar-refractivity contribution < 1.29 is 14.0 Å². The van der Waals surface area contributed by atoms with Gasteiger partial charge in [-0.2, -0.15) is 0 Å². The molecule has 0 bridgehead atoms. The maximum Gasteiger partial charge on any atom is 0.230 e. The smallest absolute Gasteiger partial charge is 0.230 e. The molecule has 0 aliphatic carbocycles. The van der Waals surface area contributed by atoms with E-state index in [1.165, 1.54) is 11.1 Å². The molecule has 8 heteroatoms. The third kappa shape index (κ3) is 7.15. The number of hydrogen-bond acceptors (Lipinski definition) is 5. The molecule has 0 saturated carbocycles. The van der Waals surface area contributed by atoms with E-state index in [-0.39, 0.29) is 35.7 Å². The van der Waals surface area contributed by atoms with Gasteiger partial charge in [-0.3, -0.25) is 9.59 Å². The Labute approximate surface area is 311 Å². The highest BCUT2D eigenvalue weighted by atomic mass is 16.4. The SMILES string of the molecule is CC[C@@H](C(=O)N1CCC[C@H]1c1nc2ccc(CCc3ccc(-c4cnc([C@@H]5CCCN5C(=O)[C@H](C)c5ccccc5)o4)cc3)cc2[nH]1)c1ccccc1. The third-order valence-electron chi connectivity index (χ3n) is 11.3. The van der Waals surface area contributed by atoms with Crippen LogP contribution in [-0.2, 0) is 22.4 Å². The van der Waals surface area contributed by atoms with E-state index in [2.05, 4.69) is 71.5 Å². The van der Waals surface area contributed by atoms with Crippen molar-refractivity contribution >= 4 is 22.8 Å². The molecule has 2 aliphatic rings. The van der Waals surface area contributed by atoms with Crippen molar-refractivity contribution in [1.82, 2.24) is 24.8 Å². The summed E-state index contributed by atoms with van der Waals surface area (Å²) >= 11 is 0. The van der Waals surface area contributed by atoms with Crippen LogP contribution >= 0.6 is 0 Å².